The van der Waals surface area contributed by atoms with E-state index in [2.05, 4.69) is 38.7 Å². The van der Waals surface area contributed by atoms with Crippen LogP contribution in [0, 0.1) is 5.82 Å². The van der Waals surface area contributed by atoms with Crippen molar-refractivity contribution in [3.8, 4) is 0 Å². The standard InChI is InChI=1S/C22H21FN2/c1-21(2)18-10-9-16(23)12-17(18)20(25-22(21,3)4)15-11-14-7-5-6-8-19(14)24-13-15/h5-13H,1-4H3. The van der Waals surface area contributed by atoms with Gasteiger partial charge in [0.1, 0.15) is 5.82 Å². The maximum atomic E-state index is 14.0. The molecule has 0 spiro atoms. The fourth-order valence-corrected chi connectivity index (χ4v) is 3.49. The molecule has 0 saturated carbocycles. The SMILES string of the molecule is CC1(C)N=C(c2cnc3ccccc3c2)c2cc(F)ccc2C1(C)C. The van der Waals surface area contributed by atoms with Crippen molar-refractivity contribution in [2.24, 2.45) is 4.99 Å². The second-order valence-corrected chi connectivity index (χ2v) is 7.75. The first kappa shape index (κ1) is 15.9. The van der Waals surface area contributed by atoms with Crippen molar-refractivity contribution in [1.82, 2.24) is 4.98 Å². The zero-order valence-corrected chi connectivity index (χ0v) is 15.0. The number of fused-ring (bicyclic) bond motifs is 2. The molecule has 0 amide bonds. The molecule has 126 valence electrons. The molecule has 0 aliphatic carbocycles. The number of aliphatic imine (C=N–C) groups is 1. The Labute approximate surface area is 147 Å². The predicted octanol–water partition coefficient (Wildman–Crippen LogP) is 5.28. The van der Waals surface area contributed by atoms with Crippen LogP contribution in [0.25, 0.3) is 10.9 Å². The zero-order chi connectivity index (χ0) is 17.8. The van der Waals surface area contributed by atoms with E-state index in [0.717, 1.165) is 33.3 Å². The van der Waals surface area contributed by atoms with Crippen LogP contribution in [-0.4, -0.2) is 16.2 Å². The summed E-state index contributed by atoms with van der Waals surface area (Å²) in [4.78, 5) is 9.60. The molecule has 3 heteroatoms. The molecule has 2 heterocycles. The van der Waals surface area contributed by atoms with E-state index in [0.29, 0.717) is 0 Å². The van der Waals surface area contributed by atoms with E-state index in [-0.39, 0.29) is 16.8 Å². The number of para-hydroxylation sites is 1. The van der Waals surface area contributed by atoms with Crippen molar-refractivity contribution >= 4 is 16.6 Å². The maximum Gasteiger partial charge on any atom is 0.123 e. The normalized spacial score (nSPS) is 17.9. The average Bonchev–Trinajstić information content (AvgIpc) is 2.58. The maximum absolute atomic E-state index is 14.0. The molecule has 0 atom stereocenters. The smallest absolute Gasteiger partial charge is 0.123 e. The highest BCUT2D eigenvalue weighted by atomic mass is 19.1. The number of hydrogen-bond donors (Lipinski definition) is 0. The number of pyridine rings is 1. The van der Waals surface area contributed by atoms with E-state index in [1.54, 1.807) is 6.07 Å². The molecule has 1 aliphatic rings. The number of hydrogen-bond acceptors (Lipinski definition) is 2. The average molecular weight is 332 g/mol. The highest BCUT2D eigenvalue weighted by Crippen LogP contribution is 2.44. The first-order chi connectivity index (χ1) is 11.8. The van der Waals surface area contributed by atoms with Gasteiger partial charge in [0.05, 0.1) is 16.8 Å². The first-order valence-corrected chi connectivity index (χ1v) is 8.55. The van der Waals surface area contributed by atoms with Crippen LogP contribution in [0.15, 0.2) is 59.7 Å². The van der Waals surface area contributed by atoms with Crippen molar-refractivity contribution in [2.45, 2.75) is 38.6 Å². The second-order valence-electron chi connectivity index (χ2n) is 7.75. The number of aromatic nitrogens is 1. The van der Waals surface area contributed by atoms with Gasteiger partial charge >= 0.3 is 0 Å². The van der Waals surface area contributed by atoms with E-state index in [1.165, 1.54) is 6.07 Å². The Morgan fingerprint density at radius 2 is 1.68 bits per heavy atom. The summed E-state index contributed by atoms with van der Waals surface area (Å²) >= 11 is 0. The summed E-state index contributed by atoms with van der Waals surface area (Å²) in [5.74, 6) is -0.240. The number of benzene rings is 2. The molecule has 3 aromatic rings. The molecular formula is C22H21FN2. The van der Waals surface area contributed by atoms with Gasteiger partial charge in [0.2, 0.25) is 0 Å². The molecule has 0 radical (unpaired) electrons. The predicted molar refractivity (Wildman–Crippen MR) is 101 cm³/mol. The number of halogens is 1. The topological polar surface area (TPSA) is 25.2 Å². The molecule has 0 bridgehead atoms. The third kappa shape index (κ3) is 2.38. The van der Waals surface area contributed by atoms with E-state index in [1.807, 2.05) is 36.5 Å². The fourth-order valence-electron chi connectivity index (χ4n) is 3.49. The van der Waals surface area contributed by atoms with Crippen LogP contribution in [0.1, 0.15) is 44.4 Å². The lowest BCUT2D eigenvalue weighted by Crippen LogP contribution is -2.46. The van der Waals surface area contributed by atoms with Crippen LogP contribution in [0.3, 0.4) is 0 Å². The molecule has 0 N–H and O–H groups in total. The third-order valence-corrected chi connectivity index (χ3v) is 5.69. The highest BCUT2D eigenvalue weighted by molar-refractivity contribution is 6.15. The summed E-state index contributed by atoms with van der Waals surface area (Å²) < 4.78 is 14.0. The largest absolute Gasteiger partial charge is 0.277 e. The molecular weight excluding hydrogens is 311 g/mol. The molecule has 1 aliphatic heterocycles. The third-order valence-electron chi connectivity index (χ3n) is 5.69. The number of nitrogens with zero attached hydrogens (tertiary/aromatic N) is 2. The lowest BCUT2D eigenvalue weighted by molar-refractivity contribution is 0.303. The van der Waals surface area contributed by atoms with Gasteiger partial charge in [0.15, 0.2) is 0 Å². The van der Waals surface area contributed by atoms with Gasteiger partial charge < -0.3 is 0 Å². The van der Waals surface area contributed by atoms with Gasteiger partial charge in [-0.2, -0.15) is 0 Å². The molecule has 25 heavy (non-hydrogen) atoms. The summed E-state index contributed by atoms with van der Waals surface area (Å²) in [6.45, 7) is 8.60. The Morgan fingerprint density at radius 3 is 2.48 bits per heavy atom. The van der Waals surface area contributed by atoms with Crippen molar-refractivity contribution in [2.75, 3.05) is 0 Å². The highest BCUT2D eigenvalue weighted by Gasteiger charge is 2.43. The van der Waals surface area contributed by atoms with Crippen LogP contribution in [0.5, 0.6) is 0 Å². The van der Waals surface area contributed by atoms with Gasteiger partial charge in [0.25, 0.3) is 0 Å². The molecule has 2 nitrogen and oxygen atoms in total. The van der Waals surface area contributed by atoms with Gasteiger partial charge in [-0.1, -0.05) is 38.1 Å². The van der Waals surface area contributed by atoms with E-state index < -0.39 is 0 Å². The minimum atomic E-state index is -0.307. The Kier molecular flexibility index (Phi) is 3.33. The fraction of sp³-hybridized carbons (Fsp3) is 0.273. The first-order valence-electron chi connectivity index (χ1n) is 8.55. The minimum Gasteiger partial charge on any atom is -0.277 e. The summed E-state index contributed by atoms with van der Waals surface area (Å²) in [5, 5.41) is 1.06. The monoisotopic (exact) mass is 332 g/mol. The summed E-state index contributed by atoms with van der Waals surface area (Å²) in [6, 6.07) is 15.1. The van der Waals surface area contributed by atoms with E-state index in [9.17, 15) is 4.39 Å². The molecule has 0 fully saturated rings. The Bertz CT molecular complexity index is 1020. The summed E-state index contributed by atoms with van der Waals surface area (Å²) in [6.07, 6.45) is 1.84. The Morgan fingerprint density at radius 1 is 0.920 bits per heavy atom. The Balaban J connectivity index is 1.99. The molecule has 0 saturated heterocycles. The van der Waals surface area contributed by atoms with Gasteiger partial charge in [-0.05, 0) is 43.7 Å². The van der Waals surface area contributed by atoms with Crippen LogP contribution in [0.2, 0.25) is 0 Å². The van der Waals surface area contributed by atoms with E-state index >= 15 is 0 Å². The van der Waals surface area contributed by atoms with Crippen LogP contribution in [0.4, 0.5) is 4.39 Å². The van der Waals surface area contributed by atoms with Gasteiger partial charge in [0, 0.05) is 28.1 Å². The van der Waals surface area contributed by atoms with E-state index in [4.69, 9.17) is 4.99 Å². The molecule has 0 unspecified atom stereocenters. The zero-order valence-electron chi connectivity index (χ0n) is 15.0. The summed E-state index contributed by atoms with van der Waals surface area (Å²) in [5.41, 5.74) is 4.18. The van der Waals surface area contributed by atoms with Crippen molar-refractivity contribution in [3.63, 3.8) is 0 Å². The Hall–Kier alpha value is -2.55. The van der Waals surface area contributed by atoms with Crippen molar-refractivity contribution < 1.29 is 4.39 Å². The quantitative estimate of drug-likeness (QED) is 0.595. The summed E-state index contributed by atoms with van der Waals surface area (Å²) in [7, 11) is 0. The van der Waals surface area contributed by atoms with Gasteiger partial charge in [-0.15, -0.1) is 0 Å². The van der Waals surface area contributed by atoms with Crippen LogP contribution in [-0.2, 0) is 5.41 Å². The van der Waals surface area contributed by atoms with Crippen LogP contribution >= 0.6 is 0 Å². The van der Waals surface area contributed by atoms with Gasteiger partial charge in [-0.25, -0.2) is 4.39 Å². The second kappa shape index (κ2) is 5.22. The van der Waals surface area contributed by atoms with Crippen LogP contribution < -0.4 is 0 Å². The molecule has 4 rings (SSSR count). The van der Waals surface area contributed by atoms with Crippen molar-refractivity contribution in [3.05, 3.63) is 77.2 Å². The molecule has 2 aromatic carbocycles. The number of rotatable bonds is 1. The lowest BCUT2D eigenvalue weighted by Gasteiger charge is -2.44. The van der Waals surface area contributed by atoms with Gasteiger partial charge in [-0.3, -0.25) is 9.98 Å². The molecule has 1 aromatic heterocycles. The minimum absolute atomic E-state index is 0.191. The lowest BCUT2D eigenvalue weighted by atomic mass is 9.66. The van der Waals surface area contributed by atoms with Crippen molar-refractivity contribution in [1.29, 1.82) is 0 Å².